The molecule has 0 bridgehead atoms. The van der Waals surface area contributed by atoms with Gasteiger partial charge in [0.1, 0.15) is 0 Å². The molecule has 0 saturated heterocycles. The van der Waals surface area contributed by atoms with Gasteiger partial charge in [0.25, 0.3) is 0 Å². The van der Waals surface area contributed by atoms with E-state index >= 15 is 0 Å². The third-order valence-corrected chi connectivity index (χ3v) is 0. The monoisotopic (exact) mass is 216 g/mol. The van der Waals surface area contributed by atoms with Crippen LogP contribution in [0, 0.1) is 0 Å². The Bertz CT molecular complexity index is 8.49. The summed E-state index contributed by atoms with van der Waals surface area (Å²) in [5, 5.41) is 0. The second kappa shape index (κ2) is 729. The van der Waals surface area contributed by atoms with E-state index in [1.54, 1.807) is 0 Å². The van der Waals surface area contributed by atoms with Crippen LogP contribution in [0.25, 0.3) is 0 Å². The summed E-state index contributed by atoms with van der Waals surface area (Å²) in [6.45, 7) is 0. The summed E-state index contributed by atoms with van der Waals surface area (Å²) in [6.07, 6.45) is 0. The molecule has 0 saturated carbocycles. The summed E-state index contributed by atoms with van der Waals surface area (Å²) in [5.74, 6) is 0. The van der Waals surface area contributed by atoms with Gasteiger partial charge in [-0.1, -0.05) is 0 Å². The predicted molar refractivity (Wildman–Crippen MR) is 38.9 cm³/mol. The van der Waals surface area contributed by atoms with Crippen LogP contribution < -0.4 is 0 Å². The molecule has 0 fully saturated rings. The molecule has 0 spiro atoms. The first kappa shape index (κ1) is 1090. The van der Waals surface area contributed by atoms with E-state index in [-0.39, 0.29) is 65.1 Å². The van der Waals surface area contributed by atoms with E-state index in [2.05, 4.69) is 0 Å². The standard InChI is InChI=1S/ClH.Ga.6H2O.3H/h1H;;6*1H2;;;. The molecular formula is H16ClGaO6. The number of halogens is 1. The van der Waals surface area contributed by atoms with Crippen molar-refractivity contribution in [2.24, 2.45) is 0 Å². The van der Waals surface area contributed by atoms with E-state index in [9.17, 15) is 0 Å². The molecule has 62 valence electrons. The van der Waals surface area contributed by atoms with Gasteiger partial charge in [-0.05, 0) is 0 Å². The average Bonchev–Trinajstić information content (AvgIpc) is 0. The predicted octanol–water partition coefficient (Wildman–Crippen LogP) is -5.71. The third kappa shape index (κ3) is 459. The van der Waals surface area contributed by atoms with Crippen molar-refractivity contribution in [1.82, 2.24) is 0 Å². The fraction of sp³-hybridized carbons (Fsp3) is 0. The van der Waals surface area contributed by atoms with E-state index in [1.807, 2.05) is 0 Å². The molecule has 0 aromatic carbocycles. The van der Waals surface area contributed by atoms with Gasteiger partial charge >= 0.3 is 19.8 Å². The van der Waals surface area contributed by atoms with Crippen LogP contribution >= 0.6 is 12.4 Å². The molecule has 8 heavy (non-hydrogen) atoms. The molecule has 12 N–H and O–H groups in total. The van der Waals surface area contributed by atoms with E-state index in [1.165, 1.54) is 0 Å². The molecule has 0 aromatic rings. The topological polar surface area (TPSA) is 189 Å². The minimum absolute atomic E-state index is 0. The molecule has 0 aliphatic rings. The third-order valence-electron chi connectivity index (χ3n) is 0. The van der Waals surface area contributed by atoms with Crippen LogP contribution in [0.3, 0.4) is 0 Å². The van der Waals surface area contributed by atoms with Crippen LogP contribution in [0.5, 0.6) is 0 Å². The summed E-state index contributed by atoms with van der Waals surface area (Å²) in [6, 6.07) is 0. The Kier molecular flexibility index (Phi) is 99300. The van der Waals surface area contributed by atoms with Crippen LogP contribution in [0.2, 0.25) is 0 Å². The van der Waals surface area contributed by atoms with Gasteiger partial charge in [-0.25, -0.2) is 0 Å². The summed E-state index contributed by atoms with van der Waals surface area (Å²) in [4.78, 5) is 0. The zero-order valence-electron chi connectivity index (χ0n) is 3.41. The SMILES string of the molecule is Cl.O.O.O.O.O.O.[GaH3]. The Labute approximate surface area is 65.6 Å². The number of hydrogen-bond donors (Lipinski definition) is 0. The van der Waals surface area contributed by atoms with Crippen molar-refractivity contribution >= 4 is 32.2 Å². The van der Waals surface area contributed by atoms with Crippen LogP contribution in [-0.4, -0.2) is 52.6 Å². The van der Waals surface area contributed by atoms with Crippen molar-refractivity contribution in [3.05, 3.63) is 0 Å². The first-order valence-corrected chi connectivity index (χ1v) is 0. The van der Waals surface area contributed by atoms with E-state index in [0.29, 0.717) is 0 Å². The Balaban J connectivity index is 0. The molecule has 0 radical (unpaired) electrons. The maximum atomic E-state index is 0. The fourth-order valence-electron chi connectivity index (χ4n) is 0. The van der Waals surface area contributed by atoms with Gasteiger partial charge in [0.05, 0.1) is 0 Å². The molecule has 8 heteroatoms. The second-order valence-corrected chi connectivity index (χ2v) is 0. The summed E-state index contributed by atoms with van der Waals surface area (Å²) in [5.41, 5.74) is 0. The molecule has 0 unspecified atom stereocenters. The Morgan fingerprint density at radius 2 is 0.375 bits per heavy atom. The molecule has 0 aliphatic carbocycles. The van der Waals surface area contributed by atoms with Crippen molar-refractivity contribution in [3.63, 3.8) is 0 Å². The molecule has 0 atom stereocenters. The quantitative estimate of drug-likeness (QED) is 0.350. The fourth-order valence-corrected chi connectivity index (χ4v) is 0. The van der Waals surface area contributed by atoms with Crippen LogP contribution in [-0.2, 0) is 0 Å². The van der Waals surface area contributed by atoms with Crippen molar-refractivity contribution < 1.29 is 32.9 Å². The first-order chi connectivity index (χ1) is 0. The summed E-state index contributed by atoms with van der Waals surface area (Å²) >= 11 is 0. The van der Waals surface area contributed by atoms with Gasteiger partial charge in [-0.2, -0.15) is 0 Å². The van der Waals surface area contributed by atoms with Crippen LogP contribution in [0.4, 0.5) is 0 Å². The number of rotatable bonds is 0. The normalized spacial score (nSPS) is 0. The Morgan fingerprint density at radius 3 is 0.375 bits per heavy atom. The molecule has 6 nitrogen and oxygen atoms in total. The van der Waals surface area contributed by atoms with Gasteiger partial charge in [0.15, 0.2) is 0 Å². The van der Waals surface area contributed by atoms with Gasteiger partial charge < -0.3 is 32.9 Å². The van der Waals surface area contributed by atoms with Gasteiger partial charge in [0, 0.05) is 0 Å². The Hall–Kier alpha value is 0.686. The van der Waals surface area contributed by atoms with Gasteiger partial charge in [-0.3, -0.25) is 0 Å². The maximum absolute atomic E-state index is 0. The van der Waals surface area contributed by atoms with Crippen LogP contribution in [0.15, 0.2) is 0 Å². The molecule has 0 heterocycles. The molecular weight excluding hydrogens is 201 g/mol. The summed E-state index contributed by atoms with van der Waals surface area (Å²) in [7, 11) is 0. The van der Waals surface area contributed by atoms with Gasteiger partial charge in [0.2, 0.25) is 0 Å². The van der Waals surface area contributed by atoms with Crippen molar-refractivity contribution in [2.45, 2.75) is 0 Å². The van der Waals surface area contributed by atoms with Crippen molar-refractivity contribution in [2.75, 3.05) is 0 Å². The summed E-state index contributed by atoms with van der Waals surface area (Å²) < 4.78 is 0. The number of hydrogen-bond acceptors (Lipinski definition) is 0. The van der Waals surface area contributed by atoms with E-state index < -0.39 is 0 Å². The van der Waals surface area contributed by atoms with Crippen LogP contribution in [0.1, 0.15) is 0 Å². The first-order valence-electron chi connectivity index (χ1n) is 0. The zero-order chi connectivity index (χ0) is 0. The van der Waals surface area contributed by atoms with Crippen molar-refractivity contribution in [1.29, 1.82) is 0 Å². The van der Waals surface area contributed by atoms with E-state index in [0.717, 1.165) is 0 Å². The minimum atomic E-state index is 0. The zero-order valence-corrected chi connectivity index (χ0v) is 4.22. The van der Waals surface area contributed by atoms with E-state index in [4.69, 9.17) is 0 Å². The average molecular weight is 217 g/mol. The molecule has 0 aromatic heterocycles. The second-order valence-electron chi connectivity index (χ2n) is 0. The molecule has 0 amide bonds. The molecule has 0 aliphatic heterocycles. The van der Waals surface area contributed by atoms with Gasteiger partial charge in [-0.15, -0.1) is 12.4 Å². The van der Waals surface area contributed by atoms with Crippen molar-refractivity contribution in [3.8, 4) is 0 Å². The molecule has 0 rings (SSSR count). The Morgan fingerprint density at radius 1 is 0.375 bits per heavy atom.